The second-order valence-corrected chi connectivity index (χ2v) is 5.99. The topological polar surface area (TPSA) is 0 Å². The molecule has 0 aromatic heterocycles. The number of hydrogen-bond acceptors (Lipinski definition) is 0. The normalized spacial score (nSPS) is 10.5. The molecular formula is C21H21B. The van der Waals surface area contributed by atoms with Crippen molar-refractivity contribution in [2.75, 3.05) is 0 Å². The van der Waals surface area contributed by atoms with Gasteiger partial charge >= 0.3 is 0 Å². The summed E-state index contributed by atoms with van der Waals surface area (Å²) < 4.78 is 0. The van der Waals surface area contributed by atoms with Crippen LogP contribution < -0.4 is 16.4 Å². The highest BCUT2D eigenvalue weighted by molar-refractivity contribution is 6.96. The van der Waals surface area contributed by atoms with Crippen molar-refractivity contribution in [3.63, 3.8) is 0 Å². The van der Waals surface area contributed by atoms with Gasteiger partial charge in [-0.2, -0.15) is 0 Å². The molecule has 3 rings (SSSR count). The third-order valence-corrected chi connectivity index (χ3v) is 4.59. The smallest absolute Gasteiger partial charge is 0.0686 e. The highest BCUT2D eigenvalue weighted by atomic mass is 14.0. The van der Waals surface area contributed by atoms with Crippen molar-refractivity contribution in [1.82, 2.24) is 0 Å². The molecule has 0 saturated carbocycles. The summed E-state index contributed by atoms with van der Waals surface area (Å²) in [5, 5.41) is 0. The van der Waals surface area contributed by atoms with E-state index in [0.717, 1.165) is 0 Å². The van der Waals surface area contributed by atoms with Crippen molar-refractivity contribution in [2.24, 2.45) is 0 Å². The Kier molecular flexibility index (Phi) is 4.15. The predicted octanol–water partition coefficient (Wildman–Crippen LogP) is 3.13. The summed E-state index contributed by atoms with van der Waals surface area (Å²) in [7, 11) is 0. The Hall–Kier alpha value is -2.28. The summed E-state index contributed by atoms with van der Waals surface area (Å²) in [6.45, 7) is 6.93. The molecule has 1 heteroatoms. The Bertz CT molecular complexity index is 775. The molecule has 0 bridgehead atoms. The molecule has 0 aliphatic rings. The zero-order chi connectivity index (χ0) is 15.5. The van der Waals surface area contributed by atoms with Gasteiger partial charge in [-0.1, -0.05) is 100 Å². The molecule has 0 fully saturated rings. The molecule has 0 aliphatic carbocycles. The predicted molar refractivity (Wildman–Crippen MR) is 98.2 cm³/mol. The van der Waals surface area contributed by atoms with Crippen LogP contribution in [0.15, 0.2) is 72.8 Å². The fourth-order valence-corrected chi connectivity index (χ4v) is 3.17. The molecule has 22 heavy (non-hydrogen) atoms. The van der Waals surface area contributed by atoms with Crippen LogP contribution in [0.3, 0.4) is 0 Å². The fourth-order valence-electron chi connectivity index (χ4n) is 3.17. The summed E-state index contributed by atoms with van der Waals surface area (Å²) in [5.74, 6) is 0. The average molecular weight is 284 g/mol. The molecule has 3 aromatic rings. The van der Waals surface area contributed by atoms with E-state index in [1.54, 1.807) is 0 Å². The van der Waals surface area contributed by atoms with Crippen molar-refractivity contribution < 1.29 is 0 Å². The van der Waals surface area contributed by atoms with Crippen LogP contribution in [-0.4, -0.2) is 6.71 Å². The van der Waals surface area contributed by atoms with E-state index in [-0.39, 0.29) is 0 Å². The van der Waals surface area contributed by atoms with E-state index in [1.807, 2.05) is 0 Å². The first-order valence-electron chi connectivity index (χ1n) is 7.85. The Morgan fingerprint density at radius 1 is 0.545 bits per heavy atom. The van der Waals surface area contributed by atoms with Crippen LogP contribution in [0, 0.1) is 20.8 Å². The van der Waals surface area contributed by atoms with Gasteiger partial charge in [0.2, 0.25) is 6.71 Å². The van der Waals surface area contributed by atoms with Crippen molar-refractivity contribution in [3.8, 4) is 0 Å². The third-order valence-electron chi connectivity index (χ3n) is 4.59. The Morgan fingerprint density at radius 2 is 1.14 bits per heavy atom. The van der Waals surface area contributed by atoms with E-state index in [0.29, 0.717) is 6.71 Å². The largest absolute Gasteiger partial charge is 0.241 e. The maximum absolute atomic E-state index is 2.27. The van der Waals surface area contributed by atoms with Crippen LogP contribution in [0.1, 0.15) is 16.7 Å². The highest BCUT2D eigenvalue weighted by Crippen LogP contribution is 2.07. The van der Waals surface area contributed by atoms with Gasteiger partial charge in [0.05, 0.1) is 0 Å². The minimum absolute atomic E-state index is 0.294. The molecule has 0 saturated heterocycles. The Morgan fingerprint density at radius 3 is 1.86 bits per heavy atom. The zero-order valence-electron chi connectivity index (χ0n) is 13.5. The van der Waals surface area contributed by atoms with Gasteiger partial charge in [0.15, 0.2) is 0 Å². The molecule has 0 atom stereocenters. The monoisotopic (exact) mass is 284 g/mol. The minimum atomic E-state index is 0.294. The number of aryl methyl sites for hydroxylation is 2. The van der Waals surface area contributed by atoms with E-state index < -0.39 is 0 Å². The molecule has 0 aliphatic heterocycles. The molecule has 0 spiro atoms. The van der Waals surface area contributed by atoms with Crippen LogP contribution >= 0.6 is 0 Å². The third kappa shape index (κ3) is 2.72. The first-order valence-corrected chi connectivity index (χ1v) is 7.85. The van der Waals surface area contributed by atoms with Gasteiger partial charge in [-0.3, -0.25) is 0 Å². The SMILES string of the molecule is Cc1ccccc1B(c1ccccc1)c1cccc(C)c1C. The second kappa shape index (κ2) is 6.23. The molecule has 0 amide bonds. The van der Waals surface area contributed by atoms with Gasteiger partial charge in [0.25, 0.3) is 0 Å². The Balaban J connectivity index is 2.25. The van der Waals surface area contributed by atoms with Crippen molar-refractivity contribution in [3.05, 3.63) is 89.5 Å². The highest BCUT2D eigenvalue weighted by Gasteiger charge is 2.24. The van der Waals surface area contributed by atoms with Crippen LogP contribution in [-0.2, 0) is 0 Å². The maximum atomic E-state index is 2.27. The average Bonchev–Trinajstić information content (AvgIpc) is 2.54. The van der Waals surface area contributed by atoms with Crippen LogP contribution in [0.4, 0.5) is 0 Å². The van der Waals surface area contributed by atoms with Gasteiger partial charge in [0.1, 0.15) is 0 Å². The zero-order valence-corrected chi connectivity index (χ0v) is 13.5. The lowest BCUT2D eigenvalue weighted by Gasteiger charge is -2.20. The molecule has 0 unspecified atom stereocenters. The van der Waals surface area contributed by atoms with Crippen molar-refractivity contribution in [1.29, 1.82) is 0 Å². The molecule has 3 aromatic carbocycles. The van der Waals surface area contributed by atoms with E-state index >= 15 is 0 Å². The summed E-state index contributed by atoms with van der Waals surface area (Å²) in [5.41, 5.74) is 8.23. The van der Waals surface area contributed by atoms with E-state index in [4.69, 9.17) is 0 Å². The van der Waals surface area contributed by atoms with E-state index in [1.165, 1.54) is 33.1 Å². The molecule has 0 heterocycles. The van der Waals surface area contributed by atoms with Crippen LogP contribution in [0.5, 0.6) is 0 Å². The lowest BCUT2D eigenvalue weighted by Crippen LogP contribution is -2.53. The lowest BCUT2D eigenvalue weighted by atomic mass is 9.35. The van der Waals surface area contributed by atoms with Crippen molar-refractivity contribution in [2.45, 2.75) is 20.8 Å². The summed E-state index contributed by atoms with van der Waals surface area (Å²) >= 11 is 0. The molecule has 0 N–H and O–H groups in total. The number of rotatable bonds is 3. The van der Waals surface area contributed by atoms with Crippen molar-refractivity contribution >= 4 is 23.1 Å². The maximum Gasteiger partial charge on any atom is 0.241 e. The van der Waals surface area contributed by atoms with Gasteiger partial charge in [-0.25, -0.2) is 0 Å². The lowest BCUT2D eigenvalue weighted by molar-refractivity contribution is 1.36. The Labute approximate surface area is 133 Å². The van der Waals surface area contributed by atoms with E-state index in [9.17, 15) is 0 Å². The first kappa shape index (κ1) is 14.7. The van der Waals surface area contributed by atoms with Gasteiger partial charge in [-0.15, -0.1) is 0 Å². The molecular weight excluding hydrogens is 263 g/mol. The van der Waals surface area contributed by atoms with Gasteiger partial charge in [-0.05, 0) is 26.3 Å². The van der Waals surface area contributed by atoms with E-state index in [2.05, 4.69) is 93.6 Å². The molecule has 0 radical (unpaired) electrons. The summed E-state index contributed by atoms with van der Waals surface area (Å²) in [4.78, 5) is 0. The second-order valence-electron chi connectivity index (χ2n) is 5.99. The summed E-state index contributed by atoms with van der Waals surface area (Å²) in [6, 6.07) is 26.2. The van der Waals surface area contributed by atoms with Crippen LogP contribution in [0.2, 0.25) is 0 Å². The fraction of sp³-hybridized carbons (Fsp3) is 0.143. The molecule has 0 nitrogen and oxygen atoms in total. The standard InChI is InChI=1S/C21H21B/c1-16-11-9-15-21(18(16)3)22(19-12-5-4-6-13-19)20-14-8-7-10-17(20)2/h4-15H,1-3H3. The number of benzene rings is 3. The van der Waals surface area contributed by atoms with Gasteiger partial charge < -0.3 is 0 Å². The number of hydrogen-bond donors (Lipinski definition) is 0. The quantitative estimate of drug-likeness (QED) is 0.648. The van der Waals surface area contributed by atoms with Gasteiger partial charge in [0, 0.05) is 0 Å². The summed E-state index contributed by atoms with van der Waals surface area (Å²) in [6.07, 6.45) is 0. The van der Waals surface area contributed by atoms with Crippen LogP contribution in [0.25, 0.3) is 0 Å². The first-order chi connectivity index (χ1) is 10.7. The molecule has 108 valence electrons. The minimum Gasteiger partial charge on any atom is -0.0686 e.